The summed E-state index contributed by atoms with van der Waals surface area (Å²) in [4.78, 5) is 10.2. The van der Waals surface area contributed by atoms with E-state index in [1.807, 2.05) is 17.4 Å². The first-order valence-corrected chi connectivity index (χ1v) is 13.9. The van der Waals surface area contributed by atoms with Gasteiger partial charge < -0.3 is 0 Å². The van der Waals surface area contributed by atoms with Crippen LogP contribution in [-0.4, -0.2) is 14.5 Å². The van der Waals surface area contributed by atoms with Gasteiger partial charge in [0, 0.05) is 36.8 Å². The maximum absolute atomic E-state index is 5.18. The Balaban J connectivity index is 1.44. The lowest BCUT2D eigenvalue weighted by Crippen LogP contribution is -1.97. The molecule has 8 aromatic rings. The first kappa shape index (κ1) is 22.2. The molecular weight excluding hydrogens is 494 g/mol. The predicted molar refractivity (Wildman–Crippen MR) is 165 cm³/mol. The number of para-hydroxylation sites is 2. The number of imidazole rings is 1. The van der Waals surface area contributed by atoms with Gasteiger partial charge in [-0.05, 0) is 60.0 Å². The summed E-state index contributed by atoms with van der Waals surface area (Å²) in [6.45, 7) is 2.21. The van der Waals surface area contributed by atoms with Gasteiger partial charge in [-0.1, -0.05) is 84.9 Å². The summed E-state index contributed by atoms with van der Waals surface area (Å²) < 4.78 is 4.80. The van der Waals surface area contributed by atoms with E-state index >= 15 is 0 Å². The maximum Gasteiger partial charge on any atom is 0.179 e. The highest BCUT2D eigenvalue weighted by molar-refractivity contribution is 7.26. The Morgan fingerprint density at radius 1 is 0.667 bits per heavy atom. The molecule has 0 aliphatic heterocycles. The molecule has 0 saturated carbocycles. The van der Waals surface area contributed by atoms with Gasteiger partial charge in [-0.3, -0.25) is 4.57 Å². The normalized spacial score (nSPS) is 11.7. The van der Waals surface area contributed by atoms with Crippen molar-refractivity contribution in [3.63, 3.8) is 0 Å². The van der Waals surface area contributed by atoms with Crippen molar-refractivity contribution in [2.45, 2.75) is 6.92 Å². The molecule has 0 atom stereocenters. The Labute approximate surface area is 229 Å². The van der Waals surface area contributed by atoms with Crippen molar-refractivity contribution >= 4 is 53.6 Å². The zero-order valence-corrected chi connectivity index (χ0v) is 22.1. The van der Waals surface area contributed by atoms with E-state index in [1.54, 1.807) is 0 Å². The SMILES string of the molecule is Cc1ccc(-c2nc3nc4ccccc4cc3n2-c2ccccc2)c2sc3cc(-c4ccccc4)ccc3c12. The Bertz CT molecular complexity index is 2170. The molecule has 4 heteroatoms. The van der Waals surface area contributed by atoms with E-state index in [2.05, 4.69) is 127 Å². The van der Waals surface area contributed by atoms with Crippen LogP contribution >= 0.6 is 11.3 Å². The molecule has 0 amide bonds. The third kappa shape index (κ3) is 3.49. The molecule has 0 fully saturated rings. The average Bonchev–Trinajstić information content (AvgIpc) is 3.55. The van der Waals surface area contributed by atoms with Crippen LogP contribution in [0.1, 0.15) is 5.56 Å². The Kier molecular flexibility index (Phi) is 4.91. The summed E-state index contributed by atoms with van der Waals surface area (Å²) >= 11 is 1.85. The van der Waals surface area contributed by atoms with Gasteiger partial charge in [0.2, 0.25) is 0 Å². The van der Waals surface area contributed by atoms with Crippen molar-refractivity contribution in [1.29, 1.82) is 0 Å². The molecule has 39 heavy (non-hydrogen) atoms. The minimum atomic E-state index is 0.758. The molecule has 0 aliphatic rings. The molecule has 8 rings (SSSR count). The lowest BCUT2D eigenvalue weighted by atomic mass is 10.0. The molecule has 0 aliphatic carbocycles. The largest absolute Gasteiger partial charge is 0.291 e. The molecule has 3 heterocycles. The van der Waals surface area contributed by atoms with Gasteiger partial charge in [-0.25, -0.2) is 9.97 Å². The summed E-state index contributed by atoms with van der Waals surface area (Å²) in [6, 6.07) is 42.9. The Morgan fingerprint density at radius 3 is 2.28 bits per heavy atom. The van der Waals surface area contributed by atoms with Crippen molar-refractivity contribution in [2.24, 2.45) is 0 Å². The van der Waals surface area contributed by atoms with E-state index in [0.717, 1.165) is 39.1 Å². The van der Waals surface area contributed by atoms with Crippen LogP contribution in [-0.2, 0) is 0 Å². The molecule has 184 valence electrons. The number of hydrogen-bond acceptors (Lipinski definition) is 3. The number of thiophene rings is 1. The maximum atomic E-state index is 5.18. The van der Waals surface area contributed by atoms with Crippen LogP contribution in [0.25, 0.3) is 70.4 Å². The van der Waals surface area contributed by atoms with Crippen LogP contribution in [0, 0.1) is 6.92 Å². The number of aromatic nitrogens is 3. The number of aryl methyl sites for hydroxylation is 1. The van der Waals surface area contributed by atoms with Gasteiger partial charge in [0.1, 0.15) is 5.82 Å². The third-order valence-electron chi connectivity index (χ3n) is 7.54. The topological polar surface area (TPSA) is 30.7 Å². The molecule has 3 nitrogen and oxygen atoms in total. The van der Waals surface area contributed by atoms with E-state index in [4.69, 9.17) is 9.97 Å². The van der Waals surface area contributed by atoms with E-state index in [-0.39, 0.29) is 0 Å². The molecule has 0 N–H and O–H groups in total. The van der Waals surface area contributed by atoms with Crippen LogP contribution in [0.15, 0.2) is 121 Å². The summed E-state index contributed by atoms with van der Waals surface area (Å²) in [7, 11) is 0. The second-order valence-electron chi connectivity index (χ2n) is 9.94. The zero-order valence-electron chi connectivity index (χ0n) is 21.3. The highest BCUT2D eigenvalue weighted by Crippen LogP contribution is 2.43. The van der Waals surface area contributed by atoms with Crippen LogP contribution in [0.5, 0.6) is 0 Å². The molecule has 0 radical (unpaired) electrons. The highest BCUT2D eigenvalue weighted by atomic mass is 32.1. The summed E-state index contributed by atoms with van der Waals surface area (Å²) in [6.07, 6.45) is 0. The zero-order chi connectivity index (χ0) is 25.9. The fraction of sp³-hybridized carbons (Fsp3) is 0.0286. The number of nitrogens with zero attached hydrogens (tertiary/aromatic N) is 3. The molecule has 0 unspecified atom stereocenters. The van der Waals surface area contributed by atoms with Gasteiger partial charge in [-0.2, -0.15) is 0 Å². The molecule has 0 spiro atoms. The van der Waals surface area contributed by atoms with Gasteiger partial charge in [0.05, 0.1) is 11.0 Å². The van der Waals surface area contributed by atoms with Crippen LogP contribution in [0.3, 0.4) is 0 Å². The lowest BCUT2D eigenvalue weighted by molar-refractivity contribution is 1.11. The summed E-state index contributed by atoms with van der Waals surface area (Å²) in [5, 5.41) is 3.70. The predicted octanol–water partition coefficient (Wildman–Crippen LogP) is 9.58. The number of benzene rings is 5. The van der Waals surface area contributed by atoms with Crippen molar-refractivity contribution in [2.75, 3.05) is 0 Å². The number of fused-ring (bicyclic) bond motifs is 5. The Hall–Kier alpha value is -4.80. The minimum absolute atomic E-state index is 0.758. The minimum Gasteiger partial charge on any atom is -0.291 e. The van der Waals surface area contributed by atoms with E-state index in [9.17, 15) is 0 Å². The molecule has 3 aromatic heterocycles. The monoisotopic (exact) mass is 517 g/mol. The molecule has 5 aromatic carbocycles. The van der Waals surface area contributed by atoms with Crippen molar-refractivity contribution < 1.29 is 0 Å². The van der Waals surface area contributed by atoms with E-state index in [1.165, 1.54) is 36.9 Å². The second kappa shape index (κ2) is 8.62. The average molecular weight is 518 g/mol. The van der Waals surface area contributed by atoms with E-state index in [0.29, 0.717) is 0 Å². The molecule has 0 bridgehead atoms. The van der Waals surface area contributed by atoms with Crippen molar-refractivity contribution in [3.8, 4) is 28.2 Å². The van der Waals surface area contributed by atoms with Gasteiger partial charge in [0.25, 0.3) is 0 Å². The fourth-order valence-corrected chi connectivity index (χ4v) is 6.98. The first-order valence-electron chi connectivity index (χ1n) is 13.1. The third-order valence-corrected chi connectivity index (χ3v) is 8.73. The highest BCUT2D eigenvalue weighted by Gasteiger charge is 2.21. The molecular formula is C35H23N3S. The quantitative estimate of drug-likeness (QED) is 0.234. The van der Waals surface area contributed by atoms with Crippen molar-refractivity contribution in [3.05, 3.63) is 127 Å². The second-order valence-corrected chi connectivity index (χ2v) is 11.0. The molecule has 0 saturated heterocycles. The Morgan fingerprint density at radius 2 is 1.44 bits per heavy atom. The van der Waals surface area contributed by atoms with Gasteiger partial charge in [0.15, 0.2) is 5.65 Å². The smallest absolute Gasteiger partial charge is 0.179 e. The summed E-state index contributed by atoms with van der Waals surface area (Å²) in [5.41, 5.74) is 8.68. The lowest BCUT2D eigenvalue weighted by Gasteiger charge is -2.11. The van der Waals surface area contributed by atoms with Crippen LogP contribution in [0.2, 0.25) is 0 Å². The number of rotatable bonds is 3. The standard InChI is InChI=1S/C35H23N3S/c1-22-16-18-28(33-32(22)27-19-17-24(21-31(27)39-33)23-10-4-2-5-11-23)35-37-34-30(38(35)26-13-6-3-7-14-26)20-25-12-8-9-15-29(25)36-34/h2-21H,1H3. The van der Waals surface area contributed by atoms with Crippen LogP contribution in [0.4, 0.5) is 0 Å². The van der Waals surface area contributed by atoms with Crippen LogP contribution < -0.4 is 0 Å². The number of hydrogen-bond donors (Lipinski definition) is 0. The summed E-state index contributed by atoms with van der Waals surface area (Å²) in [5.74, 6) is 0.916. The fourth-order valence-electron chi connectivity index (χ4n) is 5.66. The van der Waals surface area contributed by atoms with E-state index < -0.39 is 0 Å². The van der Waals surface area contributed by atoms with Gasteiger partial charge >= 0.3 is 0 Å². The van der Waals surface area contributed by atoms with Crippen molar-refractivity contribution in [1.82, 2.24) is 14.5 Å². The number of pyridine rings is 1. The first-order chi connectivity index (χ1) is 19.2. The van der Waals surface area contributed by atoms with Gasteiger partial charge in [-0.15, -0.1) is 11.3 Å².